The Morgan fingerprint density at radius 3 is 2.50 bits per heavy atom. The van der Waals surface area contributed by atoms with Crippen molar-refractivity contribution in [1.82, 2.24) is 5.32 Å². The summed E-state index contributed by atoms with van der Waals surface area (Å²) in [6, 6.07) is 1.70. The first kappa shape index (κ1) is 15.3. The summed E-state index contributed by atoms with van der Waals surface area (Å²) in [6.07, 6.45) is 3.46. The van der Waals surface area contributed by atoms with Gasteiger partial charge in [-0.15, -0.1) is 11.3 Å². The molecule has 0 saturated heterocycles. The molecule has 112 valence electrons. The smallest absolute Gasteiger partial charge is 0.261 e. The zero-order valence-electron chi connectivity index (χ0n) is 12.5. The van der Waals surface area contributed by atoms with Crippen molar-refractivity contribution in [1.29, 1.82) is 0 Å². The van der Waals surface area contributed by atoms with Gasteiger partial charge >= 0.3 is 0 Å². The average Bonchev–Trinajstić information content (AvgIpc) is 2.71. The number of nitrogens with two attached hydrogens (primary N) is 1. The largest absolute Gasteiger partial charge is 0.398 e. The third kappa shape index (κ3) is 3.52. The highest BCUT2D eigenvalue weighted by Crippen LogP contribution is 2.39. The Morgan fingerprint density at radius 1 is 1.40 bits per heavy atom. The predicted octanol–water partition coefficient (Wildman–Crippen LogP) is 2.70. The number of nitrogen functional groups attached to an aromatic ring is 1. The van der Waals surface area contributed by atoms with Crippen LogP contribution in [0.1, 0.15) is 54.1 Å². The Kier molecular flexibility index (Phi) is 4.12. The molecule has 1 amide bonds. The molecule has 2 rings (SSSR count). The molecule has 0 spiro atoms. The lowest BCUT2D eigenvalue weighted by molar-refractivity contribution is -0.0232. The Balaban J connectivity index is 1.90. The third-order valence-corrected chi connectivity index (χ3v) is 5.36. The van der Waals surface area contributed by atoms with Crippen LogP contribution in [0, 0.1) is 12.3 Å². The Hall–Kier alpha value is -1.07. The Morgan fingerprint density at radius 2 is 2.00 bits per heavy atom. The summed E-state index contributed by atoms with van der Waals surface area (Å²) in [5.74, 6) is -0.145. The van der Waals surface area contributed by atoms with Crippen LogP contribution < -0.4 is 11.1 Å². The molecule has 1 heterocycles. The first-order valence-electron chi connectivity index (χ1n) is 7.07. The number of carbonyl (C=O) groups excluding carboxylic acids is 1. The number of amides is 1. The first-order chi connectivity index (χ1) is 9.21. The summed E-state index contributed by atoms with van der Waals surface area (Å²) >= 11 is 1.39. The number of aryl methyl sites for hydroxylation is 1. The molecular weight excluding hydrogens is 272 g/mol. The summed E-state index contributed by atoms with van der Waals surface area (Å²) in [7, 11) is 0. The number of hydrogen-bond acceptors (Lipinski definition) is 4. The molecular formula is C15H24N2O2S. The number of rotatable bonds is 3. The SMILES string of the molecule is Cc1sc(C(=O)NCC2(O)CCC(C)(C)CC2)cc1N. The molecule has 1 aromatic heterocycles. The Bertz CT molecular complexity index is 478. The maximum atomic E-state index is 12.1. The lowest BCUT2D eigenvalue weighted by Gasteiger charge is -2.40. The number of nitrogens with one attached hydrogen (secondary N) is 1. The molecule has 1 fully saturated rings. The quantitative estimate of drug-likeness (QED) is 0.802. The standard InChI is InChI=1S/C15H24N2O2S/c1-10-11(16)8-12(20-10)13(18)17-9-15(19)6-4-14(2,3)5-7-15/h8,19H,4-7,9,16H2,1-3H3,(H,17,18). The van der Waals surface area contributed by atoms with E-state index in [1.165, 1.54) is 11.3 Å². The van der Waals surface area contributed by atoms with Gasteiger partial charge in [-0.2, -0.15) is 0 Å². The molecule has 4 nitrogen and oxygen atoms in total. The normalized spacial score (nSPS) is 20.6. The minimum absolute atomic E-state index is 0.145. The molecule has 1 aromatic rings. The molecule has 5 heteroatoms. The molecule has 0 aromatic carbocycles. The van der Waals surface area contributed by atoms with Gasteiger partial charge in [-0.1, -0.05) is 13.8 Å². The van der Waals surface area contributed by atoms with Gasteiger partial charge in [0, 0.05) is 17.1 Å². The molecule has 0 aliphatic heterocycles. The zero-order valence-corrected chi connectivity index (χ0v) is 13.3. The highest BCUT2D eigenvalue weighted by atomic mass is 32.1. The number of carbonyl (C=O) groups is 1. The lowest BCUT2D eigenvalue weighted by atomic mass is 9.71. The highest BCUT2D eigenvalue weighted by molar-refractivity contribution is 7.14. The van der Waals surface area contributed by atoms with Crippen molar-refractivity contribution in [3.8, 4) is 0 Å². The van der Waals surface area contributed by atoms with E-state index in [1.54, 1.807) is 6.07 Å². The number of anilines is 1. The minimum atomic E-state index is -0.761. The van der Waals surface area contributed by atoms with E-state index >= 15 is 0 Å². The van der Waals surface area contributed by atoms with Crippen molar-refractivity contribution in [2.75, 3.05) is 12.3 Å². The molecule has 0 radical (unpaired) electrons. The average molecular weight is 296 g/mol. The van der Waals surface area contributed by atoms with E-state index in [1.807, 2.05) is 6.92 Å². The van der Waals surface area contributed by atoms with Crippen molar-refractivity contribution >= 4 is 22.9 Å². The lowest BCUT2D eigenvalue weighted by Crippen LogP contribution is -2.46. The van der Waals surface area contributed by atoms with Crippen LogP contribution >= 0.6 is 11.3 Å². The van der Waals surface area contributed by atoms with Crippen LogP contribution in [0.25, 0.3) is 0 Å². The van der Waals surface area contributed by atoms with Crippen LogP contribution in [-0.4, -0.2) is 23.2 Å². The van der Waals surface area contributed by atoms with Crippen molar-refractivity contribution in [2.45, 2.75) is 52.1 Å². The predicted molar refractivity (Wildman–Crippen MR) is 83.0 cm³/mol. The monoisotopic (exact) mass is 296 g/mol. The van der Waals surface area contributed by atoms with Gasteiger partial charge in [0.25, 0.3) is 5.91 Å². The van der Waals surface area contributed by atoms with Crippen molar-refractivity contribution in [3.05, 3.63) is 15.8 Å². The molecule has 0 unspecified atom stereocenters. The molecule has 0 bridgehead atoms. The molecule has 1 saturated carbocycles. The van der Waals surface area contributed by atoms with Gasteiger partial charge < -0.3 is 16.2 Å². The van der Waals surface area contributed by atoms with E-state index in [2.05, 4.69) is 19.2 Å². The van der Waals surface area contributed by atoms with Gasteiger partial charge in [0.2, 0.25) is 0 Å². The van der Waals surface area contributed by atoms with E-state index in [0.717, 1.165) is 30.6 Å². The minimum Gasteiger partial charge on any atom is -0.398 e. The van der Waals surface area contributed by atoms with Crippen LogP contribution in [-0.2, 0) is 0 Å². The van der Waals surface area contributed by atoms with Gasteiger partial charge in [-0.25, -0.2) is 0 Å². The van der Waals surface area contributed by atoms with E-state index in [9.17, 15) is 9.90 Å². The first-order valence-corrected chi connectivity index (χ1v) is 7.89. The van der Waals surface area contributed by atoms with Crippen molar-refractivity contribution in [3.63, 3.8) is 0 Å². The molecule has 1 aliphatic rings. The maximum Gasteiger partial charge on any atom is 0.261 e. The van der Waals surface area contributed by atoms with Crippen LogP contribution in [0.15, 0.2) is 6.07 Å². The fourth-order valence-corrected chi connectivity index (χ4v) is 3.37. The molecule has 1 aliphatic carbocycles. The maximum absolute atomic E-state index is 12.1. The van der Waals surface area contributed by atoms with Crippen LogP contribution in [0.3, 0.4) is 0 Å². The molecule has 20 heavy (non-hydrogen) atoms. The number of hydrogen-bond donors (Lipinski definition) is 3. The second-order valence-corrected chi connectivity index (χ2v) is 7.95. The molecule has 0 atom stereocenters. The summed E-state index contributed by atoms with van der Waals surface area (Å²) in [5, 5.41) is 13.4. The fourth-order valence-electron chi connectivity index (χ4n) is 2.51. The zero-order chi connectivity index (χ0) is 15.0. The topological polar surface area (TPSA) is 75.3 Å². The summed E-state index contributed by atoms with van der Waals surface area (Å²) < 4.78 is 0. The van der Waals surface area contributed by atoms with E-state index in [-0.39, 0.29) is 5.91 Å². The Labute approximate surface area is 124 Å². The number of aliphatic hydroxyl groups is 1. The van der Waals surface area contributed by atoms with Crippen LogP contribution in [0.2, 0.25) is 0 Å². The van der Waals surface area contributed by atoms with Gasteiger partial charge in [0.15, 0.2) is 0 Å². The van der Waals surface area contributed by atoms with Gasteiger partial charge in [0.1, 0.15) is 0 Å². The summed E-state index contributed by atoms with van der Waals surface area (Å²) in [5.41, 5.74) is 5.95. The van der Waals surface area contributed by atoms with Gasteiger partial charge in [-0.05, 0) is 44.1 Å². The van der Waals surface area contributed by atoms with E-state index in [4.69, 9.17) is 5.73 Å². The third-order valence-electron chi connectivity index (χ3n) is 4.29. The molecule has 4 N–H and O–H groups in total. The fraction of sp³-hybridized carbons (Fsp3) is 0.667. The summed E-state index contributed by atoms with van der Waals surface area (Å²) in [6.45, 7) is 6.66. The second-order valence-electron chi connectivity index (χ2n) is 6.69. The van der Waals surface area contributed by atoms with E-state index in [0.29, 0.717) is 22.5 Å². The second kappa shape index (κ2) is 5.37. The van der Waals surface area contributed by atoms with Crippen molar-refractivity contribution in [2.24, 2.45) is 5.41 Å². The van der Waals surface area contributed by atoms with E-state index < -0.39 is 5.60 Å². The van der Waals surface area contributed by atoms with Crippen molar-refractivity contribution < 1.29 is 9.90 Å². The number of thiophene rings is 1. The highest BCUT2D eigenvalue weighted by Gasteiger charge is 2.36. The van der Waals surface area contributed by atoms with Gasteiger partial charge in [0.05, 0.1) is 10.5 Å². The van der Waals surface area contributed by atoms with Crippen LogP contribution in [0.4, 0.5) is 5.69 Å². The summed E-state index contributed by atoms with van der Waals surface area (Å²) in [4.78, 5) is 13.6. The van der Waals surface area contributed by atoms with Crippen LogP contribution in [0.5, 0.6) is 0 Å². The van der Waals surface area contributed by atoms with Gasteiger partial charge in [-0.3, -0.25) is 4.79 Å².